The number of nitrogens with zero attached hydrogens (tertiary/aromatic N) is 2. The number of anilines is 4. The third-order valence-corrected chi connectivity index (χ3v) is 5.67. The van der Waals surface area contributed by atoms with Crippen molar-refractivity contribution in [3.8, 4) is 11.6 Å². The maximum Gasteiger partial charge on any atom is 0.260 e. The van der Waals surface area contributed by atoms with E-state index in [1.54, 1.807) is 48.5 Å². The molecule has 0 radical (unpaired) electrons. The van der Waals surface area contributed by atoms with Gasteiger partial charge < -0.3 is 30.3 Å². The van der Waals surface area contributed by atoms with E-state index >= 15 is 0 Å². The first-order chi connectivity index (χ1) is 15.4. The highest BCUT2D eigenvalue weighted by molar-refractivity contribution is 6.39. The van der Waals surface area contributed by atoms with Crippen LogP contribution in [0.25, 0.3) is 0 Å². The van der Waals surface area contributed by atoms with Gasteiger partial charge in [0.2, 0.25) is 5.88 Å². The maximum absolute atomic E-state index is 13.0. The van der Waals surface area contributed by atoms with E-state index in [0.717, 1.165) is 11.4 Å². The largest absolute Gasteiger partial charge is 0.496 e. The van der Waals surface area contributed by atoms with Crippen molar-refractivity contribution in [3.05, 3.63) is 64.1 Å². The first-order valence-corrected chi connectivity index (χ1v) is 10.4. The van der Waals surface area contributed by atoms with Gasteiger partial charge in [0, 0.05) is 19.2 Å². The molecule has 1 aliphatic rings. The lowest BCUT2D eigenvalue weighted by molar-refractivity contribution is 0.102. The van der Waals surface area contributed by atoms with Gasteiger partial charge in [-0.15, -0.1) is 0 Å². The van der Waals surface area contributed by atoms with Crippen LogP contribution < -0.4 is 30.3 Å². The number of aromatic nitrogens is 1. The molecule has 1 aromatic heterocycles. The molecule has 10 heteroatoms. The third kappa shape index (κ3) is 4.19. The topological polar surface area (TPSA) is 87.8 Å². The van der Waals surface area contributed by atoms with Crippen molar-refractivity contribution in [2.24, 2.45) is 0 Å². The third-order valence-electron chi connectivity index (χ3n) is 5.04. The van der Waals surface area contributed by atoms with Gasteiger partial charge in [-0.1, -0.05) is 35.3 Å². The van der Waals surface area contributed by atoms with Crippen molar-refractivity contribution in [3.63, 3.8) is 0 Å². The second kappa shape index (κ2) is 9.02. The molecular weight excluding hydrogens is 453 g/mol. The van der Waals surface area contributed by atoms with Gasteiger partial charge in [0.15, 0.2) is 6.29 Å². The summed E-state index contributed by atoms with van der Waals surface area (Å²) in [7, 11) is 4.93. The number of benzene rings is 2. The lowest BCUT2D eigenvalue weighted by Crippen LogP contribution is -2.39. The maximum atomic E-state index is 13.0. The monoisotopic (exact) mass is 473 g/mol. The fourth-order valence-corrected chi connectivity index (χ4v) is 3.90. The average molecular weight is 474 g/mol. The number of rotatable bonds is 6. The Hall–Kier alpha value is -3.36. The number of hydrogen-bond acceptors (Lipinski definition) is 7. The van der Waals surface area contributed by atoms with Gasteiger partial charge in [0.1, 0.15) is 11.6 Å². The quantitative estimate of drug-likeness (QED) is 0.468. The van der Waals surface area contributed by atoms with Crippen molar-refractivity contribution in [1.29, 1.82) is 0 Å². The first-order valence-electron chi connectivity index (χ1n) is 9.65. The number of methoxy groups -OCH3 is 2. The molecule has 0 bridgehead atoms. The Morgan fingerprint density at radius 2 is 1.81 bits per heavy atom. The Bertz CT molecular complexity index is 1150. The molecule has 0 saturated carbocycles. The van der Waals surface area contributed by atoms with Crippen molar-refractivity contribution < 1.29 is 14.3 Å². The zero-order valence-electron chi connectivity index (χ0n) is 17.6. The van der Waals surface area contributed by atoms with Crippen LogP contribution in [0.5, 0.6) is 11.6 Å². The van der Waals surface area contributed by atoms with Gasteiger partial charge in [-0.25, -0.2) is 0 Å². The first kappa shape index (κ1) is 21.9. The SMILES string of the molecule is COc1cccc(NC(=O)c2cc3c(cc2OC)N(C)C(Nc2c(Cl)cccc2Cl)N3)n1. The number of fused-ring (bicyclic) bond motifs is 1. The Balaban J connectivity index is 1.60. The van der Waals surface area contributed by atoms with E-state index < -0.39 is 0 Å². The average Bonchev–Trinajstić information content (AvgIpc) is 3.10. The number of nitrogens with one attached hydrogen (secondary N) is 3. The van der Waals surface area contributed by atoms with Crippen LogP contribution in [-0.2, 0) is 0 Å². The summed E-state index contributed by atoms with van der Waals surface area (Å²) in [6.45, 7) is 0. The van der Waals surface area contributed by atoms with Crippen LogP contribution in [0.15, 0.2) is 48.5 Å². The summed E-state index contributed by atoms with van der Waals surface area (Å²) >= 11 is 12.6. The number of carbonyl (C=O) groups excluding carboxylic acids is 1. The lowest BCUT2D eigenvalue weighted by atomic mass is 10.1. The summed E-state index contributed by atoms with van der Waals surface area (Å²) in [6, 6.07) is 14.0. The molecule has 3 aromatic rings. The molecule has 1 aliphatic heterocycles. The number of para-hydroxylation sites is 1. The van der Waals surface area contributed by atoms with Gasteiger partial charge in [-0.2, -0.15) is 4.98 Å². The summed E-state index contributed by atoms with van der Waals surface area (Å²) in [6.07, 6.45) is -0.342. The summed E-state index contributed by atoms with van der Waals surface area (Å²) < 4.78 is 10.6. The van der Waals surface area contributed by atoms with E-state index in [9.17, 15) is 4.79 Å². The minimum atomic E-state index is -0.361. The normalized spacial score (nSPS) is 14.4. The minimum Gasteiger partial charge on any atom is -0.496 e. The number of ether oxygens (including phenoxy) is 2. The molecule has 2 heterocycles. The molecular formula is C22H21Cl2N5O3. The minimum absolute atomic E-state index is 0.342. The summed E-state index contributed by atoms with van der Waals surface area (Å²) in [5, 5.41) is 10.4. The molecule has 166 valence electrons. The van der Waals surface area contributed by atoms with Gasteiger partial charge >= 0.3 is 0 Å². The number of amides is 1. The van der Waals surface area contributed by atoms with Crippen molar-refractivity contribution in [2.45, 2.75) is 6.29 Å². The molecule has 0 saturated heterocycles. The van der Waals surface area contributed by atoms with E-state index in [1.807, 2.05) is 11.9 Å². The van der Waals surface area contributed by atoms with Gasteiger partial charge in [-0.05, 0) is 24.3 Å². The summed E-state index contributed by atoms with van der Waals surface area (Å²) in [4.78, 5) is 19.2. The smallest absolute Gasteiger partial charge is 0.260 e. The molecule has 8 nitrogen and oxygen atoms in total. The Morgan fingerprint density at radius 1 is 1.09 bits per heavy atom. The van der Waals surface area contributed by atoms with Crippen molar-refractivity contribution in [2.75, 3.05) is 42.1 Å². The second-order valence-electron chi connectivity index (χ2n) is 6.99. The molecule has 0 fully saturated rings. The van der Waals surface area contributed by atoms with Crippen LogP contribution in [0, 0.1) is 0 Å². The van der Waals surface area contributed by atoms with Gasteiger partial charge in [-0.3, -0.25) is 4.79 Å². The fourth-order valence-electron chi connectivity index (χ4n) is 3.39. The van der Waals surface area contributed by atoms with Crippen molar-refractivity contribution in [1.82, 2.24) is 4.98 Å². The van der Waals surface area contributed by atoms with Crippen LogP contribution in [0.1, 0.15) is 10.4 Å². The molecule has 32 heavy (non-hydrogen) atoms. The lowest BCUT2D eigenvalue weighted by Gasteiger charge is -2.25. The van der Waals surface area contributed by atoms with Gasteiger partial charge in [0.05, 0.1) is 46.9 Å². The molecule has 1 unspecified atom stereocenters. The van der Waals surface area contributed by atoms with Crippen LogP contribution >= 0.6 is 23.2 Å². The molecule has 2 aromatic carbocycles. The molecule has 0 aliphatic carbocycles. The summed E-state index contributed by atoms with van der Waals surface area (Å²) in [5.74, 6) is 0.837. The van der Waals surface area contributed by atoms with Gasteiger partial charge in [0.25, 0.3) is 5.91 Å². The van der Waals surface area contributed by atoms with E-state index in [4.69, 9.17) is 32.7 Å². The molecule has 1 amide bonds. The van der Waals surface area contributed by atoms with E-state index in [2.05, 4.69) is 20.9 Å². The molecule has 0 spiro atoms. The molecule has 4 rings (SSSR count). The Labute approximate surface area is 195 Å². The Kier molecular flexibility index (Phi) is 6.16. The van der Waals surface area contributed by atoms with E-state index in [0.29, 0.717) is 38.7 Å². The molecule has 3 N–H and O–H groups in total. The highest BCUT2D eigenvalue weighted by Gasteiger charge is 2.29. The number of halogens is 2. The number of pyridine rings is 1. The predicted molar refractivity (Wildman–Crippen MR) is 128 cm³/mol. The zero-order valence-corrected chi connectivity index (χ0v) is 19.1. The fraction of sp³-hybridized carbons (Fsp3) is 0.182. The second-order valence-corrected chi connectivity index (χ2v) is 7.80. The van der Waals surface area contributed by atoms with Crippen LogP contribution in [0.2, 0.25) is 10.0 Å². The van der Waals surface area contributed by atoms with Crippen LogP contribution in [-0.4, -0.2) is 38.4 Å². The van der Waals surface area contributed by atoms with E-state index in [-0.39, 0.29) is 12.2 Å². The highest BCUT2D eigenvalue weighted by atomic mass is 35.5. The van der Waals surface area contributed by atoms with Crippen LogP contribution in [0.3, 0.4) is 0 Å². The number of carbonyl (C=O) groups is 1. The van der Waals surface area contributed by atoms with Crippen molar-refractivity contribution >= 4 is 52.0 Å². The predicted octanol–water partition coefficient (Wildman–Crippen LogP) is 4.92. The summed E-state index contributed by atoms with van der Waals surface area (Å²) in [5.41, 5.74) is 2.56. The Morgan fingerprint density at radius 3 is 2.50 bits per heavy atom. The van der Waals surface area contributed by atoms with E-state index in [1.165, 1.54) is 14.2 Å². The standard InChI is InChI=1S/C22H21Cl2N5O3/c1-29-16-11-17(31-2)12(21(30)27-18-8-5-9-19(26-18)32-3)10-15(16)25-22(29)28-20-13(23)6-4-7-14(20)24/h4-11,22,25,28H,1-3H3,(H,26,27,30). The number of hydrogen-bond donors (Lipinski definition) is 3. The highest BCUT2D eigenvalue weighted by Crippen LogP contribution is 2.40. The zero-order chi connectivity index (χ0) is 22.8. The molecule has 1 atom stereocenters. The van der Waals surface area contributed by atoms with Crippen LogP contribution in [0.4, 0.5) is 22.9 Å².